The molecule has 0 atom stereocenters. The molecule has 29 heavy (non-hydrogen) atoms. The van der Waals surface area contributed by atoms with Crippen LogP contribution in [0, 0.1) is 0 Å². The molecule has 0 amide bonds. The second-order valence-electron chi connectivity index (χ2n) is 6.26. The van der Waals surface area contributed by atoms with Crippen LogP contribution in [-0.4, -0.2) is 11.2 Å². The number of hydrogen-bond acceptors (Lipinski definition) is 5. The van der Waals surface area contributed by atoms with Crippen molar-refractivity contribution in [2.75, 3.05) is 5.43 Å². The quantitative estimate of drug-likeness (QED) is 0.248. The first kappa shape index (κ1) is 19.4. The maximum absolute atomic E-state index is 5.86. The van der Waals surface area contributed by atoms with Crippen molar-refractivity contribution in [1.29, 1.82) is 0 Å². The summed E-state index contributed by atoms with van der Waals surface area (Å²) in [6.45, 7) is 0.539. The molecule has 1 N–H and O–H groups in total. The van der Waals surface area contributed by atoms with Gasteiger partial charge in [-0.05, 0) is 35.4 Å². The van der Waals surface area contributed by atoms with Gasteiger partial charge in [-0.2, -0.15) is 5.10 Å². The molecule has 3 aromatic carbocycles. The Labute approximate surface area is 182 Å². The standard InChI is InChI=1S/C23H18BrN3OS/c24-20-11-9-19(10-12-20)22-16-29-23(26-22)27-25-14-18-7-4-8-21(13-18)28-15-17-5-2-1-3-6-17/h1-14,16H,15H2,(H,26,27)/b25-14-. The molecule has 0 aliphatic heterocycles. The minimum absolute atomic E-state index is 0.539. The molecule has 1 aromatic heterocycles. The van der Waals surface area contributed by atoms with E-state index in [-0.39, 0.29) is 0 Å². The Kier molecular flexibility index (Phi) is 6.34. The van der Waals surface area contributed by atoms with Crippen molar-refractivity contribution in [3.05, 3.63) is 99.8 Å². The van der Waals surface area contributed by atoms with Gasteiger partial charge in [-0.1, -0.05) is 70.5 Å². The molecule has 0 aliphatic rings. The second kappa shape index (κ2) is 9.49. The van der Waals surface area contributed by atoms with Gasteiger partial charge in [0, 0.05) is 15.4 Å². The first-order valence-electron chi connectivity index (χ1n) is 9.03. The van der Waals surface area contributed by atoms with Gasteiger partial charge in [-0.25, -0.2) is 4.98 Å². The van der Waals surface area contributed by atoms with Gasteiger partial charge in [-0.15, -0.1) is 11.3 Å². The molecule has 0 spiro atoms. The third kappa shape index (κ3) is 5.53. The predicted octanol–water partition coefficient (Wildman–Crippen LogP) is 6.60. The molecular weight excluding hydrogens is 446 g/mol. The van der Waals surface area contributed by atoms with Gasteiger partial charge in [0.25, 0.3) is 0 Å². The molecule has 1 heterocycles. The van der Waals surface area contributed by atoms with Crippen LogP contribution in [0.1, 0.15) is 11.1 Å². The number of anilines is 1. The zero-order valence-electron chi connectivity index (χ0n) is 15.5. The molecule has 4 nitrogen and oxygen atoms in total. The average Bonchev–Trinajstić information content (AvgIpc) is 3.23. The van der Waals surface area contributed by atoms with E-state index in [9.17, 15) is 0 Å². The fourth-order valence-electron chi connectivity index (χ4n) is 2.67. The second-order valence-corrected chi connectivity index (χ2v) is 8.04. The van der Waals surface area contributed by atoms with E-state index in [0.29, 0.717) is 6.61 Å². The molecule has 0 unspecified atom stereocenters. The van der Waals surface area contributed by atoms with Gasteiger partial charge in [-0.3, -0.25) is 5.43 Å². The van der Waals surface area contributed by atoms with Gasteiger partial charge < -0.3 is 4.74 Å². The Balaban J connectivity index is 1.35. The Hall–Kier alpha value is -2.96. The summed E-state index contributed by atoms with van der Waals surface area (Å²) in [5.41, 5.74) is 7.09. The van der Waals surface area contributed by atoms with Crippen LogP contribution in [0.2, 0.25) is 0 Å². The number of ether oxygens (including phenoxy) is 1. The van der Waals surface area contributed by atoms with Crippen molar-refractivity contribution in [3.63, 3.8) is 0 Å². The Morgan fingerprint density at radius 1 is 1.00 bits per heavy atom. The van der Waals surface area contributed by atoms with E-state index in [1.807, 2.05) is 84.2 Å². The van der Waals surface area contributed by atoms with Crippen molar-refractivity contribution in [3.8, 4) is 17.0 Å². The monoisotopic (exact) mass is 463 g/mol. The highest BCUT2D eigenvalue weighted by Gasteiger charge is 2.04. The summed E-state index contributed by atoms with van der Waals surface area (Å²) in [7, 11) is 0. The van der Waals surface area contributed by atoms with E-state index in [1.165, 1.54) is 11.3 Å². The lowest BCUT2D eigenvalue weighted by Gasteiger charge is -2.06. The number of aromatic nitrogens is 1. The molecule has 0 radical (unpaired) electrons. The predicted molar refractivity (Wildman–Crippen MR) is 124 cm³/mol. The Morgan fingerprint density at radius 3 is 2.66 bits per heavy atom. The van der Waals surface area contributed by atoms with Crippen LogP contribution in [-0.2, 0) is 6.61 Å². The minimum atomic E-state index is 0.539. The maximum Gasteiger partial charge on any atom is 0.203 e. The molecule has 0 saturated heterocycles. The zero-order chi connectivity index (χ0) is 19.9. The number of rotatable bonds is 7. The van der Waals surface area contributed by atoms with Crippen LogP contribution in [0.5, 0.6) is 5.75 Å². The normalized spacial score (nSPS) is 10.9. The number of hydrazone groups is 1. The summed E-state index contributed by atoms with van der Waals surface area (Å²) in [5, 5.41) is 7.06. The topological polar surface area (TPSA) is 46.5 Å². The number of thiazole rings is 1. The zero-order valence-corrected chi connectivity index (χ0v) is 17.9. The van der Waals surface area contributed by atoms with Crippen molar-refractivity contribution in [2.45, 2.75) is 6.61 Å². The molecule has 4 aromatic rings. The molecule has 144 valence electrons. The lowest BCUT2D eigenvalue weighted by atomic mass is 10.2. The average molecular weight is 464 g/mol. The van der Waals surface area contributed by atoms with Crippen molar-refractivity contribution >= 4 is 38.6 Å². The number of halogens is 1. The Morgan fingerprint density at radius 2 is 1.83 bits per heavy atom. The van der Waals surface area contributed by atoms with Crippen LogP contribution in [0.25, 0.3) is 11.3 Å². The summed E-state index contributed by atoms with van der Waals surface area (Å²) < 4.78 is 6.91. The lowest BCUT2D eigenvalue weighted by molar-refractivity contribution is 0.306. The maximum atomic E-state index is 5.86. The lowest BCUT2D eigenvalue weighted by Crippen LogP contribution is -1.96. The number of hydrogen-bond donors (Lipinski definition) is 1. The molecule has 6 heteroatoms. The SMILES string of the molecule is Brc1ccc(-c2csc(N/N=C\c3cccc(OCc4ccccc4)c3)n2)cc1. The summed E-state index contributed by atoms with van der Waals surface area (Å²) in [6.07, 6.45) is 1.76. The third-order valence-corrected chi connectivity index (χ3v) is 5.40. The highest BCUT2D eigenvalue weighted by atomic mass is 79.9. The number of benzene rings is 3. The smallest absolute Gasteiger partial charge is 0.203 e. The van der Waals surface area contributed by atoms with Crippen LogP contribution >= 0.6 is 27.3 Å². The van der Waals surface area contributed by atoms with Gasteiger partial charge in [0.2, 0.25) is 5.13 Å². The van der Waals surface area contributed by atoms with Crippen LogP contribution in [0.4, 0.5) is 5.13 Å². The van der Waals surface area contributed by atoms with E-state index in [1.54, 1.807) is 6.21 Å². The number of nitrogens with one attached hydrogen (secondary N) is 1. The highest BCUT2D eigenvalue weighted by Crippen LogP contribution is 2.26. The highest BCUT2D eigenvalue weighted by molar-refractivity contribution is 9.10. The van der Waals surface area contributed by atoms with E-state index in [2.05, 4.69) is 31.4 Å². The van der Waals surface area contributed by atoms with Gasteiger partial charge >= 0.3 is 0 Å². The van der Waals surface area contributed by atoms with E-state index < -0.39 is 0 Å². The van der Waals surface area contributed by atoms with E-state index >= 15 is 0 Å². The Bertz CT molecular complexity index is 1090. The largest absolute Gasteiger partial charge is 0.489 e. The van der Waals surface area contributed by atoms with E-state index in [0.717, 1.165) is 37.7 Å². The number of nitrogens with zero attached hydrogens (tertiary/aromatic N) is 2. The van der Waals surface area contributed by atoms with Crippen LogP contribution < -0.4 is 10.2 Å². The minimum Gasteiger partial charge on any atom is -0.489 e. The van der Waals surface area contributed by atoms with Gasteiger partial charge in [0.1, 0.15) is 12.4 Å². The van der Waals surface area contributed by atoms with Crippen molar-refractivity contribution < 1.29 is 4.74 Å². The molecule has 0 bridgehead atoms. The van der Waals surface area contributed by atoms with Crippen molar-refractivity contribution in [2.24, 2.45) is 5.10 Å². The summed E-state index contributed by atoms with van der Waals surface area (Å²) in [4.78, 5) is 4.58. The molecule has 0 fully saturated rings. The van der Waals surface area contributed by atoms with Gasteiger partial charge in [0.05, 0.1) is 11.9 Å². The van der Waals surface area contributed by atoms with Crippen LogP contribution in [0.3, 0.4) is 0 Å². The molecule has 0 saturated carbocycles. The molecular formula is C23H18BrN3OS. The molecule has 0 aliphatic carbocycles. The third-order valence-electron chi connectivity index (χ3n) is 4.12. The summed E-state index contributed by atoms with van der Waals surface area (Å²) >= 11 is 4.97. The van der Waals surface area contributed by atoms with Crippen LogP contribution in [0.15, 0.2) is 93.8 Å². The fraction of sp³-hybridized carbons (Fsp3) is 0.0435. The first-order valence-corrected chi connectivity index (χ1v) is 10.7. The van der Waals surface area contributed by atoms with Gasteiger partial charge in [0.15, 0.2) is 0 Å². The fourth-order valence-corrected chi connectivity index (χ4v) is 3.60. The van der Waals surface area contributed by atoms with Crippen molar-refractivity contribution in [1.82, 2.24) is 4.98 Å². The summed E-state index contributed by atoms with van der Waals surface area (Å²) in [6, 6.07) is 26.0. The molecule has 4 rings (SSSR count). The summed E-state index contributed by atoms with van der Waals surface area (Å²) in [5.74, 6) is 0.810. The van der Waals surface area contributed by atoms with E-state index in [4.69, 9.17) is 4.74 Å². The first-order chi connectivity index (χ1) is 14.3.